The number of aliphatic hydroxyl groups is 1. The smallest absolute Gasteiger partial charge is 0.0599 e. The zero-order valence-corrected chi connectivity index (χ0v) is 8.28. The molecule has 0 spiro atoms. The standard InChI is InChI=1S/C9H20N2O2/c1-13-9-2-3-11(4-5-12)8(6-9)7-10/h8-9,12H,2-7,10H2,1H3. The van der Waals surface area contributed by atoms with E-state index in [-0.39, 0.29) is 6.61 Å². The quantitative estimate of drug-likeness (QED) is 0.619. The third-order valence-electron chi connectivity index (χ3n) is 2.78. The fraction of sp³-hybridized carbons (Fsp3) is 1.00. The third kappa shape index (κ3) is 2.91. The lowest BCUT2D eigenvalue weighted by molar-refractivity contribution is 0.00800. The van der Waals surface area contributed by atoms with Crippen molar-refractivity contribution in [2.75, 3.05) is 33.4 Å². The van der Waals surface area contributed by atoms with Crippen LogP contribution in [0.3, 0.4) is 0 Å². The molecule has 13 heavy (non-hydrogen) atoms. The highest BCUT2D eigenvalue weighted by molar-refractivity contribution is 4.82. The van der Waals surface area contributed by atoms with Gasteiger partial charge in [-0.3, -0.25) is 4.90 Å². The van der Waals surface area contributed by atoms with Crippen LogP contribution in [0.5, 0.6) is 0 Å². The largest absolute Gasteiger partial charge is 0.395 e. The van der Waals surface area contributed by atoms with Crippen LogP contribution in [0.1, 0.15) is 12.8 Å². The molecule has 1 heterocycles. The van der Waals surface area contributed by atoms with Crippen molar-refractivity contribution in [3.8, 4) is 0 Å². The van der Waals surface area contributed by atoms with Gasteiger partial charge in [-0.2, -0.15) is 0 Å². The summed E-state index contributed by atoms with van der Waals surface area (Å²) in [6.07, 6.45) is 2.39. The third-order valence-corrected chi connectivity index (χ3v) is 2.78. The first-order valence-electron chi connectivity index (χ1n) is 4.89. The van der Waals surface area contributed by atoms with Crippen LogP contribution in [-0.4, -0.2) is 55.5 Å². The molecule has 1 saturated heterocycles. The van der Waals surface area contributed by atoms with Gasteiger partial charge in [-0.15, -0.1) is 0 Å². The van der Waals surface area contributed by atoms with E-state index in [4.69, 9.17) is 15.6 Å². The molecule has 1 rings (SSSR count). The Morgan fingerprint density at radius 1 is 1.62 bits per heavy atom. The summed E-state index contributed by atoms with van der Waals surface area (Å²) in [4.78, 5) is 2.25. The Kier molecular flexibility index (Phi) is 4.66. The average Bonchev–Trinajstić information content (AvgIpc) is 2.19. The van der Waals surface area contributed by atoms with E-state index >= 15 is 0 Å². The summed E-state index contributed by atoms with van der Waals surface area (Å²) in [6, 6.07) is 0.380. The highest BCUT2D eigenvalue weighted by atomic mass is 16.5. The Morgan fingerprint density at radius 3 is 2.92 bits per heavy atom. The Bertz CT molecular complexity index is 144. The molecule has 1 aliphatic rings. The van der Waals surface area contributed by atoms with E-state index < -0.39 is 0 Å². The molecule has 1 aliphatic heterocycles. The monoisotopic (exact) mass is 188 g/mol. The number of nitrogens with zero attached hydrogens (tertiary/aromatic N) is 1. The molecule has 2 atom stereocenters. The van der Waals surface area contributed by atoms with E-state index in [1.54, 1.807) is 7.11 Å². The molecule has 4 heteroatoms. The normalized spacial score (nSPS) is 30.7. The van der Waals surface area contributed by atoms with Crippen LogP contribution in [0.15, 0.2) is 0 Å². The summed E-state index contributed by atoms with van der Waals surface area (Å²) in [6.45, 7) is 2.59. The lowest BCUT2D eigenvalue weighted by Crippen LogP contribution is -2.49. The minimum absolute atomic E-state index is 0.216. The van der Waals surface area contributed by atoms with Gasteiger partial charge in [0.1, 0.15) is 0 Å². The predicted octanol–water partition coefficient (Wildman–Crippen LogP) is -0.583. The minimum Gasteiger partial charge on any atom is -0.395 e. The average molecular weight is 188 g/mol. The van der Waals surface area contributed by atoms with Gasteiger partial charge < -0.3 is 15.6 Å². The van der Waals surface area contributed by atoms with E-state index in [1.807, 2.05) is 0 Å². The van der Waals surface area contributed by atoms with Gasteiger partial charge in [0.25, 0.3) is 0 Å². The van der Waals surface area contributed by atoms with Crippen molar-refractivity contribution in [3.63, 3.8) is 0 Å². The van der Waals surface area contributed by atoms with Crippen molar-refractivity contribution in [1.29, 1.82) is 0 Å². The van der Waals surface area contributed by atoms with Gasteiger partial charge in [-0.25, -0.2) is 0 Å². The SMILES string of the molecule is COC1CCN(CCO)C(CN)C1. The van der Waals surface area contributed by atoms with Gasteiger partial charge in [0.15, 0.2) is 0 Å². The number of methoxy groups -OCH3 is 1. The summed E-state index contributed by atoms with van der Waals surface area (Å²) in [5.41, 5.74) is 5.66. The molecule has 0 aromatic carbocycles. The highest BCUT2D eigenvalue weighted by Gasteiger charge is 2.26. The molecule has 0 radical (unpaired) electrons. The Morgan fingerprint density at radius 2 is 2.38 bits per heavy atom. The molecule has 1 fully saturated rings. The Labute approximate surface area is 79.7 Å². The Balaban J connectivity index is 2.40. The number of nitrogens with two attached hydrogens (primary N) is 1. The number of ether oxygens (including phenoxy) is 1. The van der Waals surface area contributed by atoms with Crippen molar-refractivity contribution in [3.05, 3.63) is 0 Å². The van der Waals surface area contributed by atoms with Crippen molar-refractivity contribution >= 4 is 0 Å². The lowest BCUT2D eigenvalue weighted by atomic mass is 9.99. The van der Waals surface area contributed by atoms with Crippen LogP contribution in [0, 0.1) is 0 Å². The number of aliphatic hydroxyl groups excluding tert-OH is 1. The van der Waals surface area contributed by atoms with E-state index in [9.17, 15) is 0 Å². The first-order valence-corrected chi connectivity index (χ1v) is 4.89. The number of hydrogen-bond donors (Lipinski definition) is 2. The zero-order chi connectivity index (χ0) is 9.68. The van der Waals surface area contributed by atoms with Crippen LogP contribution in [0.2, 0.25) is 0 Å². The van der Waals surface area contributed by atoms with Crippen LogP contribution >= 0.6 is 0 Å². The molecule has 0 amide bonds. The molecule has 0 bridgehead atoms. The first kappa shape index (κ1) is 10.9. The fourth-order valence-corrected chi connectivity index (χ4v) is 1.94. The maximum absolute atomic E-state index is 8.84. The van der Waals surface area contributed by atoms with Gasteiger partial charge in [0.2, 0.25) is 0 Å². The maximum atomic E-state index is 8.84. The number of likely N-dealkylation sites (tertiary alicyclic amines) is 1. The van der Waals surface area contributed by atoms with Crippen LogP contribution in [-0.2, 0) is 4.74 Å². The van der Waals surface area contributed by atoms with Gasteiger partial charge in [-0.1, -0.05) is 0 Å². The lowest BCUT2D eigenvalue weighted by Gasteiger charge is -2.38. The van der Waals surface area contributed by atoms with Gasteiger partial charge >= 0.3 is 0 Å². The van der Waals surface area contributed by atoms with Crippen molar-refractivity contribution in [1.82, 2.24) is 4.90 Å². The molecular formula is C9H20N2O2. The number of piperidine rings is 1. The first-order chi connectivity index (χ1) is 6.31. The molecular weight excluding hydrogens is 168 g/mol. The number of rotatable bonds is 4. The van der Waals surface area contributed by atoms with Crippen LogP contribution in [0.25, 0.3) is 0 Å². The van der Waals surface area contributed by atoms with Gasteiger partial charge in [0, 0.05) is 32.8 Å². The summed E-state index contributed by atoms with van der Waals surface area (Å²) in [5, 5.41) is 8.84. The van der Waals surface area contributed by atoms with Crippen LogP contribution in [0.4, 0.5) is 0 Å². The molecule has 4 nitrogen and oxygen atoms in total. The van der Waals surface area contributed by atoms with Crippen molar-refractivity contribution in [2.24, 2.45) is 5.73 Å². The Hall–Kier alpha value is -0.160. The molecule has 2 unspecified atom stereocenters. The fourth-order valence-electron chi connectivity index (χ4n) is 1.94. The maximum Gasteiger partial charge on any atom is 0.0599 e. The van der Waals surface area contributed by atoms with Crippen molar-refractivity contribution in [2.45, 2.75) is 25.0 Å². The van der Waals surface area contributed by atoms with Crippen LogP contribution < -0.4 is 5.73 Å². The second-order valence-electron chi connectivity index (χ2n) is 3.53. The highest BCUT2D eigenvalue weighted by Crippen LogP contribution is 2.18. The topological polar surface area (TPSA) is 58.7 Å². The zero-order valence-electron chi connectivity index (χ0n) is 8.28. The molecule has 78 valence electrons. The second-order valence-corrected chi connectivity index (χ2v) is 3.53. The molecule has 0 aromatic heterocycles. The van der Waals surface area contributed by atoms with E-state index in [1.165, 1.54) is 0 Å². The van der Waals surface area contributed by atoms with Gasteiger partial charge in [-0.05, 0) is 12.8 Å². The molecule has 0 saturated carbocycles. The molecule has 0 aromatic rings. The minimum atomic E-state index is 0.216. The summed E-state index contributed by atoms with van der Waals surface area (Å²) in [5.74, 6) is 0. The van der Waals surface area contributed by atoms with E-state index in [2.05, 4.69) is 4.90 Å². The van der Waals surface area contributed by atoms with E-state index in [0.717, 1.165) is 25.9 Å². The van der Waals surface area contributed by atoms with E-state index in [0.29, 0.717) is 18.7 Å². The number of hydrogen-bond acceptors (Lipinski definition) is 4. The number of β-amino-alcohol motifs (C(OH)–C–C–N with tert-alkyl or cyclic N) is 1. The summed E-state index contributed by atoms with van der Waals surface area (Å²) >= 11 is 0. The second kappa shape index (κ2) is 5.54. The van der Waals surface area contributed by atoms with Crippen molar-refractivity contribution < 1.29 is 9.84 Å². The van der Waals surface area contributed by atoms with Gasteiger partial charge in [0.05, 0.1) is 12.7 Å². The molecule has 3 N–H and O–H groups in total. The summed E-state index contributed by atoms with van der Waals surface area (Å²) in [7, 11) is 1.75. The molecule has 0 aliphatic carbocycles. The predicted molar refractivity (Wildman–Crippen MR) is 51.5 cm³/mol. The summed E-state index contributed by atoms with van der Waals surface area (Å²) < 4.78 is 5.30.